The lowest BCUT2D eigenvalue weighted by Gasteiger charge is -2.04. The van der Waals surface area contributed by atoms with Gasteiger partial charge in [0.1, 0.15) is 0 Å². The van der Waals surface area contributed by atoms with E-state index in [1.807, 2.05) is 11.3 Å². The minimum absolute atomic E-state index is 1.06. The highest BCUT2D eigenvalue weighted by Gasteiger charge is 2.14. The predicted molar refractivity (Wildman–Crippen MR) is 75.8 cm³/mol. The Kier molecular flexibility index (Phi) is 5.49. The first-order valence-electron chi connectivity index (χ1n) is 6.92. The molecule has 0 spiro atoms. The number of rotatable bonds is 8. The second-order valence-corrected chi connectivity index (χ2v) is 6.02. The Labute approximate surface area is 109 Å². The third-order valence-electron chi connectivity index (χ3n) is 3.23. The summed E-state index contributed by atoms with van der Waals surface area (Å²) in [6, 6.07) is 2.41. The lowest BCUT2D eigenvalue weighted by Crippen LogP contribution is -2.22. The highest BCUT2D eigenvalue weighted by Crippen LogP contribution is 2.30. The van der Waals surface area contributed by atoms with Crippen molar-refractivity contribution in [3.8, 4) is 0 Å². The van der Waals surface area contributed by atoms with E-state index in [1.165, 1.54) is 37.0 Å². The molecule has 0 saturated carbocycles. The van der Waals surface area contributed by atoms with E-state index >= 15 is 0 Å². The Balaban J connectivity index is 1.55. The summed E-state index contributed by atoms with van der Waals surface area (Å²) < 4.78 is 0. The summed E-state index contributed by atoms with van der Waals surface area (Å²) in [6.07, 6.45) is 6.46. The second kappa shape index (κ2) is 7.14. The molecular formula is C14H24N2S. The molecule has 1 aliphatic carbocycles. The molecule has 0 aromatic carbocycles. The summed E-state index contributed by atoms with van der Waals surface area (Å²) in [5, 5.41) is 6.97. The Morgan fingerprint density at radius 2 is 2.06 bits per heavy atom. The monoisotopic (exact) mass is 252 g/mol. The Morgan fingerprint density at radius 3 is 2.88 bits per heavy atom. The molecule has 96 valence electrons. The zero-order valence-electron chi connectivity index (χ0n) is 10.8. The first kappa shape index (κ1) is 13.1. The summed E-state index contributed by atoms with van der Waals surface area (Å²) in [7, 11) is 0. The van der Waals surface area contributed by atoms with Crippen molar-refractivity contribution in [1.82, 2.24) is 10.6 Å². The average molecular weight is 252 g/mol. The van der Waals surface area contributed by atoms with E-state index in [4.69, 9.17) is 0 Å². The highest BCUT2D eigenvalue weighted by molar-refractivity contribution is 7.12. The molecule has 0 saturated heterocycles. The van der Waals surface area contributed by atoms with E-state index in [-0.39, 0.29) is 0 Å². The lowest BCUT2D eigenvalue weighted by atomic mass is 10.2. The molecule has 1 heterocycles. The number of nitrogens with one attached hydrogen (secondary N) is 2. The fourth-order valence-corrected chi connectivity index (χ4v) is 3.56. The summed E-state index contributed by atoms with van der Waals surface area (Å²) >= 11 is 2.02. The molecule has 1 aliphatic rings. The molecule has 1 aromatic rings. The van der Waals surface area contributed by atoms with Gasteiger partial charge in [-0.2, -0.15) is 0 Å². The van der Waals surface area contributed by atoms with Crippen LogP contribution < -0.4 is 10.6 Å². The van der Waals surface area contributed by atoms with Gasteiger partial charge in [0.05, 0.1) is 0 Å². The first-order chi connectivity index (χ1) is 8.40. The van der Waals surface area contributed by atoms with Crippen LogP contribution in [0.4, 0.5) is 0 Å². The van der Waals surface area contributed by atoms with Crippen LogP contribution in [-0.4, -0.2) is 19.6 Å². The number of hydrogen-bond acceptors (Lipinski definition) is 3. The number of hydrogen-bond donors (Lipinski definition) is 2. The third kappa shape index (κ3) is 4.09. The van der Waals surface area contributed by atoms with Gasteiger partial charge in [0.25, 0.3) is 0 Å². The molecule has 3 heteroatoms. The van der Waals surface area contributed by atoms with Gasteiger partial charge >= 0.3 is 0 Å². The molecular weight excluding hydrogens is 228 g/mol. The molecule has 2 rings (SSSR count). The van der Waals surface area contributed by atoms with Crippen LogP contribution in [-0.2, 0) is 19.4 Å². The largest absolute Gasteiger partial charge is 0.317 e. The topological polar surface area (TPSA) is 24.1 Å². The average Bonchev–Trinajstić information content (AvgIpc) is 2.88. The van der Waals surface area contributed by atoms with Crippen LogP contribution in [0.5, 0.6) is 0 Å². The predicted octanol–water partition coefficient (Wildman–Crippen LogP) is 2.72. The molecule has 2 nitrogen and oxygen atoms in total. The fraction of sp³-hybridized carbons (Fsp3) is 0.714. The standard InChI is InChI=1S/C14H24N2S/c1-2-7-15-8-4-9-16-11-13-10-12-5-3-6-14(12)17-13/h10,15-16H,2-9,11H2,1H3. The van der Waals surface area contributed by atoms with E-state index in [2.05, 4.69) is 23.6 Å². The maximum absolute atomic E-state index is 3.54. The lowest BCUT2D eigenvalue weighted by molar-refractivity contribution is 0.594. The van der Waals surface area contributed by atoms with Crippen LogP contribution in [0, 0.1) is 0 Å². The molecule has 0 bridgehead atoms. The molecule has 0 radical (unpaired) electrons. The molecule has 2 N–H and O–H groups in total. The number of aryl methyl sites for hydroxylation is 2. The van der Waals surface area contributed by atoms with Crippen molar-refractivity contribution in [3.05, 3.63) is 21.4 Å². The van der Waals surface area contributed by atoms with Crippen molar-refractivity contribution in [2.45, 2.75) is 45.6 Å². The van der Waals surface area contributed by atoms with E-state index in [1.54, 1.807) is 10.4 Å². The van der Waals surface area contributed by atoms with E-state index in [9.17, 15) is 0 Å². The van der Waals surface area contributed by atoms with E-state index in [0.29, 0.717) is 0 Å². The molecule has 0 unspecified atom stereocenters. The van der Waals surface area contributed by atoms with Crippen molar-refractivity contribution in [2.75, 3.05) is 19.6 Å². The summed E-state index contributed by atoms with van der Waals surface area (Å²) in [4.78, 5) is 3.17. The molecule has 0 atom stereocenters. The van der Waals surface area contributed by atoms with Gasteiger partial charge in [0, 0.05) is 16.3 Å². The summed E-state index contributed by atoms with van der Waals surface area (Å²) in [5.74, 6) is 0. The minimum atomic E-state index is 1.06. The van der Waals surface area contributed by atoms with Gasteiger partial charge < -0.3 is 10.6 Å². The molecule has 17 heavy (non-hydrogen) atoms. The van der Waals surface area contributed by atoms with E-state index in [0.717, 1.165) is 26.2 Å². The molecule has 0 amide bonds. The summed E-state index contributed by atoms with van der Waals surface area (Å²) in [5.41, 5.74) is 1.62. The minimum Gasteiger partial charge on any atom is -0.317 e. The SMILES string of the molecule is CCCNCCCNCc1cc2c(s1)CCC2. The number of thiophene rings is 1. The normalized spacial score (nSPS) is 14.2. The van der Waals surface area contributed by atoms with Gasteiger partial charge in [-0.15, -0.1) is 11.3 Å². The Bertz CT molecular complexity index is 311. The van der Waals surface area contributed by atoms with Gasteiger partial charge in [-0.05, 0) is 63.4 Å². The Morgan fingerprint density at radius 1 is 1.18 bits per heavy atom. The van der Waals surface area contributed by atoms with Gasteiger partial charge in [0.2, 0.25) is 0 Å². The van der Waals surface area contributed by atoms with E-state index < -0.39 is 0 Å². The van der Waals surface area contributed by atoms with Crippen molar-refractivity contribution in [3.63, 3.8) is 0 Å². The molecule has 1 aromatic heterocycles. The van der Waals surface area contributed by atoms with Crippen molar-refractivity contribution < 1.29 is 0 Å². The van der Waals surface area contributed by atoms with Crippen molar-refractivity contribution in [2.24, 2.45) is 0 Å². The summed E-state index contributed by atoms with van der Waals surface area (Å²) in [6.45, 7) is 6.69. The van der Waals surface area contributed by atoms with Crippen LogP contribution in [0.3, 0.4) is 0 Å². The van der Waals surface area contributed by atoms with Crippen LogP contribution in [0.2, 0.25) is 0 Å². The third-order valence-corrected chi connectivity index (χ3v) is 4.47. The van der Waals surface area contributed by atoms with Gasteiger partial charge in [0.15, 0.2) is 0 Å². The van der Waals surface area contributed by atoms with Crippen LogP contribution in [0.25, 0.3) is 0 Å². The fourth-order valence-electron chi connectivity index (χ4n) is 2.33. The Hall–Kier alpha value is -0.380. The zero-order valence-corrected chi connectivity index (χ0v) is 11.7. The van der Waals surface area contributed by atoms with Gasteiger partial charge in [-0.1, -0.05) is 6.92 Å². The van der Waals surface area contributed by atoms with Gasteiger partial charge in [-0.3, -0.25) is 0 Å². The van der Waals surface area contributed by atoms with Crippen LogP contribution in [0.1, 0.15) is 41.5 Å². The van der Waals surface area contributed by atoms with Crippen LogP contribution >= 0.6 is 11.3 Å². The molecule has 0 aliphatic heterocycles. The van der Waals surface area contributed by atoms with Crippen molar-refractivity contribution >= 4 is 11.3 Å². The molecule has 0 fully saturated rings. The second-order valence-electron chi connectivity index (χ2n) is 4.80. The van der Waals surface area contributed by atoms with Crippen molar-refractivity contribution in [1.29, 1.82) is 0 Å². The highest BCUT2D eigenvalue weighted by atomic mass is 32.1. The maximum atomic E-state index is 3.54. The maximum Gasteiger partial charge on any atom is 0.0299 e. The van der Waals surface area contributed by atoms with Gasteiger partial charge in [-0.25, -0.2) is 0 Å². The smallest absolute Gasteiger partial charge is 0.0299 e. The quantitative estimate of drug-likeness (QED) is 0.695. The first-order valence-corrected chi connectivity index (χ1v) is 7.73. The zero-order chi connectivity index (χ0) is 11.9. The number of fused-ring (bicyclic) bond motifs is 1. The van der Waals surface area contributed by atoms with Crippen LogP contribution in [0.15, 0.2) is 6.07 Å².